The molecule has 3 aliphatic heterocycles. The van der Waals surface area contributed by atoms with Gasteiger partial charge in [-0.1, -0.05) is 199 Å². The molecule has 0 spiro atoms. The van der Waals surface area contributed by atoms with Crippen LogP contribution in [-0.2, 0) is 36.4 Å². The van der Waals surface area contributed by atoms with Crippen LogP contribution in [0, 0.1) is 0 Å². The fourth-order valence-corrected chi connectivity index (χ4v) is 16.6. The van der Waals surface area contributed by atoms with E-state index in [1.165, 1.54) is 164 Å². The van der Waals surface area contributed by atoms with E-state index in [1.54, 1.807) is 0 Å². The zero-order valence-electron chi connectivity index (χ0n) is 49.5. The summed E-state index contributed by atoms with van der Waals surface area (Å²) in [7, 11) is 0. The van der Waals surface area contributed by atoms with E-state index < -0.39 is 0 Å². The smallest absolute Gasteiger partial charge is 0.293 e. The number of fused-ring (bicyclic) bond motifs is 18. The van der Waals surface area contributed by atoms with Crippen molar-refractivity contribution in [2.24, 2.45) is 0 Å². The van der Waals surface area contributed by atoms with Crippen LogP contribution in [0.3, 0.4) is 0 Å². The summed E-state index contributed by atoms with van der Waals surface area (Å²) in [6.45, 7) is 15.8. The van der Waals surface area contributed by atoms with Gasteiger partial charge in [0.25, 0.3) is 20.2 Å². The highest BCUT2D eigenvalue weighted by Gasteiger charge is 2.50. The molecule has 12 aromatic carbocycles. The summed E-state index contributed by atoms with van der Waals surface area (Å²) in [6, 6.07) is 77.3. The highest BCUT2D eigenvalue weighted by molar-refractivity contribution is 6.12. The molecule has 0 radical (unpaired) electrons. The lowest BCUT2D eigenvalue weighted by atomic mass is 9.80. The summed E-state index contributed by atoms with van der Waals surface area (Å²) in [6.07, 6.45) is 2.29. The lowest BCUT2D eigenvalue weighted by Crippen LogP contribution is -2.43. The van der Waals surface area contributed by atoms with Crippen molar-refractivity contribution in [1.82, 2.24) is 0 Å². The van der Waals surface area contributed by atoms with Crippen LogP contribution in [0.4, 0.5) is 0 Å². The van der Waals surface area contributed by atoms with Crippen LogP contribution in [0.15, 0.2) is 219 Å². The van der Waals surface area contributed by atoms with Crippen LogP contribution in [0.25, 0.3) is 131 Å². The summed E-state index contributed by atoms with van der Waals surface area (Å²) >= 11 is 0. The first-order valence-electron chi connectivity index (χ1n) is 30.7. The first kappa shape index (κ1) is 49.1. The molecule has 0 unspecified atom stereocenters. The largest absolute Gasteiger partial charge is 0.434 e. The van der Waals surface area contributed by atoms with Gasteiger partial charge >= 0.3 is 0 Å². The summed E-state index contributed by atoms with van der Waals surface area (Å²) in [5.74, 6) is 3.14. The van der Waals surface area contributed by atoms with Gasteiger partial charge in [0.15, 0.2) is 6.20 Å². The van der Waals surface area contributed by atoms with E-state index >= 15 is 0 Å². The molecule has 0 N–H and O–H groups in total. The van der Waals surface area contributed by atoms with E-state index in [0.717, 1.165) is 17.2 Å². The molecule has 15 aromatic rings. The van der Waals surface area contributed by atoms with Gasteiger partial charge in [0.1, 0.15) is 17.2 Å². The Hall–Kier alpha value is -10.2. The minimum absolute atomic E-state index is 0.0568. The normalized spacial score (nSPS) is 15.7. The third-order valence-electron chi connectivity index (χ3n) is 20.9. The standard InChI is InChI=1S/3C27H20NO/c1-27(2)21-13-17-8-4-6-10-20(17)26-23(21)25-22(27)14-18-12-11-16-7-3-5-9-19(16)24(18)28(25)15-29-26;1-27(2)21-13-17-8-4-6-10-19(17)26-24(21)25-22(27)14-20-18-9-5-3-7-16(18)11-12-23(20)28(25)15-29-26;1-27(2)22-13-17-8-4-6-10-19(17)26-23(22)25-24(27)20-12-11-16-7-3-5-9-18(16)21(20)14-28(25)15-29-26/h3*3-14H,15H2,1-2H3/q3*+1. The predicted molar refractivity (Wildman–Crippen MR) is 352 cm³/mol. The fraction of sp³-hybridized carbons (Fsp3) is 0.148. The number of ether oxygens (including phenoxy) is 3. The van der Waals surface area contributed by atoms with Crippen molar-refractivity contribution in [2.45, 2.75) is 78.0 Å². The quantitative estimate of drug-likeness (QED) is 0.112. The molecular weight excluding hydrogens is 1060 g/mol. The average molecular weight is 1120 g/mol. The molecule has 0 fully saturated rings. The Bertz CT molecular complexity index is 5630. The van der Waals surface area contributed by atoms with Crippen LogP contribution in [-0.4, -0.2) is 0 Å². The number of hydrogen-bond donors (Lipinski definition) is 0. The van der Waals surface area contributed by atoms with E-state index in [9.17, 15) is 0 Å². The lowest BCUT2D eigenvalue weighted by Gasteiger charge is -2.22. The Labute approximate surface area is 503 Å². The molecule has 6 aliphatic rings. The molecule has 0 saturated heterocycles. The number of hydrogen-bond acceptors (Lipinski definition) is 3. The van der Waals surface area contributed by atoms with Crippen LogP contribution < -0.4 is 27.9 Å². The summed E-state index contributed by atoms with van der Waals surface area (Å²) < 4.78 is 26.4. The number of nitrogens with zero attached hydrogens (tertiary/aromatic N) is 3. The number of pyridine rings is 3. The topological polar surface area (TPSA) is 39.3 Å². The van der Waals surface area contributed by atoms with Gasteiger partial charge in [0.2, 0.25) is 28.1 Å². The Kier molecular flexibility index (Phi) is 9.63. The van der Waals surface area contributed by atoms with Crippen molar-refractivity contribution in [1.29, 1.82) is 0 Å². The third kappa shape index (κ3) is 6.42. The number of rotatable bonds is 0. The highest BCUT2D eigenvalue weighted by atomic mass is 16.5. The van der Waals surface area contributed by atoms with Crippen LogP contribution in [0.1, 0.15) is 74.9 Å². The van der Waals surface area contributed by atoms with Gasteiger partial charge in [-0.25, -0.2) is 0 Å². The molecule has 0 atom stereocenters. The second kappa shape index (κ2) is 17.0. The Morgan fingerprint density at radius 2 is 0.701 bits per heavy atom. The minimum atomic E-state index is -0.0825. The van der Waals surface area contributed by atoms with Crippen LogP contribution in [0.2, 0.25) is 0 Å². The van der Waals surface area contributed by atoms with Crippen molar-refractivity contribution in [3.8, 4) is 51.0 Å². The Balaban J connectivity index is 0.0000000950. The fourth-order valence-electron chi connectivity index (χ4n) is 16.6. The van der Waals surface area contributed by atoms with Crippen molar-refractivity contribution in [3.63, 3.8) is 0 Å². The maximum absolute atomic E-state index is 6.49. The van der Waals surface area contributed by atoms with Crippen LogP contribution >= 0.6 is 0 Å². The molecule has 3 aromatic heterocycles. The van der Waals surface area contributed by atoms with Gasteiger partial charge in [-0.2, -0.15) is 13.7 Å². The molecule has 87 heavy (non-hydrogen) atoms. The molecule has 6 heterocycles. The second-order valence-corrected chi connectivity index (χ2v) is 26.4. The predicted octanol–water partition coefficient (Wildman–Crippen LogP) is 18.3. The van der Waals surface area contributed by atoms with E-state index in [1.807, 2.05) is 0 Å². The molecule has 0 amide bonds. The first-order valence-corrected chi connectivity index (χ1v) is 30.7. The SMILES string of the molecule is CC1(C)c2cc3ccccc3c3c2-c2c1c1ccc4ccccc4c1c[n+]2CO3.CC1(C)c2cc3ccccc3c3c2-c2c1cc1c4ccccc4ccc1[n+]2CO3.CC1(C)c2cc3ccccc3c3c2-c2c1cc1ccc4ccccc4c1[n+]2CO3. The number of aromatic nitrogens is 3. The Morgan fingerprint density at radius 3 is 1.29 bits per heavy atom. The van der Waals surface area contributed by atoms with Crippen molar-refractivity contribution < 1.29 is 27.9 Å². The summed E-state index contributed by atoms with van der Waals surface area (Å²) in [5.41, 5.74) is 18.5. The zero-order valence-corrected chi connectivity index (χ0v) is 49.5. The van der Waals surface area contributed by atoms with Crippen molar-refractivity contribution in [2.75, 3.05) is 0 Å². The summed E-state index contributed by atoms with van der Waals surface area (Å²) in [5, 5.41) is 20.4. The highest BCUT2D eigenvalue weighted by Crippen LogP contribution is 2.59. The minimum Gasteiger partial charge on any atom is -0.434 e. The molecule has 6 heteroatoms. The second-order valence-electron chi connectivity index (χ2n) is 26.4. The lowest BCUT2D eigenvalue weighted by molar-refractivity contribution is -0.716. The molecule has 414 valence electrons. The summed E-state index contributed by atoms with van der Waals surface area (Å²) in [4.78, 5) is 0. The van der Waals surface area contributed by atoms with Crippen molar-refractivity contribution in [3.05, 3.63) is 252 Å². The van der Waals surface area contributed by atoms with Gasteiger partial charge in [0, 0.05) is 60.5 Å². The molecule has 0 saturated carbocycles. The van der Waals surface area contributed by atoms with E-state index in [2.05, 4.69) is 274 Å². The van der Waals surface area contributed by atoms with Gasteiger partial charge in [-0.05, 0) is 114 Å². The molecule has 21 rings (SSSR count). The maximum atomic E-state index is 6.49. The van der Waals surface area contributed by atoms with E-state index in [0.29, 0.717) is 20.2 Å². The van der Waals surface area contributed by atoms with E-state index in [-0.39, 0.29) is 16.2 Å². The number of benzene rings is 12. The van der Waals surface area contributed by atoms with Gasteiger partial charge in [-0.15, -0.1) is 0 Å². The van der Waals surface area contributed by atoms with Crippen molar-refractivity contribution >= 4 is 97.2 Å². The third-order valence-corrected chi connectivity index (χ3v) is 20.9. The zero-order chi connectivity index (χ0) is 58.0. The van der Waals surface area contributed by atoms with Gasteiger partial charge in [0.05, 0.1) is 32.8 Å². The average Bonchev–Trinajstić information content (AvgIpc) is 1.62. The van der Waals surface area contributed by atoms with Gasteiger partial charge < -0.3 is 14.2 Å². The maximum Gasteiger partial charge on any atom is 0.293 e. The molecule has 0 bridgehead atoms. The van der Waals surface area contributed by atoms with Gasteiger partial charge in [-0.3, -0.25) is 0 Å². The Morgan fingerprint density at radius 1 is 0.299 bits per heavy atom. The molecular formula is C81H60N3O3+3. The first-order chi connectivity index (χ1) is 42.4. The van der Waals surface area contributed by atoms with E-state index in [4.69, 9.17) is 14.2 Å². The van der Waals surface area contributed by atoms with Crippen LogP contribution in [0.5, 0.6) is 17.2 Å². The molecule has 3 aliphatic carbocycles. The molecule has 6 nitrogen and oxygen atoms in total. The monoisotopic (exact) mass is 1120 g/mol.